The highest BCUT2D eigenvalue weighted by molar-refractivity contribution is 5.83. The topological polar surface area (TPSA) is 56.6 Å². The van der Waals surface area contributed by atoms with Gasteiger partial charge in [-0.3, -0.25) is 4.79 Å². The van der Waals surface area contributed by atoms with Crippen LogP contribution in [0.3, 0.4) is 0 Å². The summed E-state index contributed by atoms with van der Waals surface area (Å²) in [6.45, 7) is 2.04. The molecule has 0 unspecified atom stereocenters. The first-order valence-electron chi connectivity index (χ1n) is 10.2. The second-order valence-electron chi connectivity index (χ2n) is 7.83. The van der Waals surface area contributed by atoms with Gasteiger partial charge in [0.1, 0.15) is 5.82 Å². The van der Waals surface area contributed by atoms with E-state index >= 15 is 0 Å². The molecule has 0 bridgehead atoms. The van der Waals surface area contributed by atoms with Crippen molar-refractivity contribution in [1.82, 2.24) is 14.5 Å². The normalized spacial score (nSPS) is 21.6. The van der Waals surface area contributed by atoms with Gasteiger partial charge in [0.2, 0.25) is 5.91 Å². The molecule has 0 N–H and O–H groups in total. The molecule has 1 aliphatic heterocycles. The van der Waals surface area contributed by atoms with Crippen molar-refractivity contribution in [3.05, 3.63) is 66.0 Å². The molecule has 1 aromatic heterocycles. The van der Waals surface area contributed by atoms with Gasteiger partial charge in [-0.25, -0.2) is 4.98 Å². The molecule has 0 radical (unpaired) electrons. The zero-order chi connectivity index (χ0) is 19.8. The minimum Gasteiger partial charge on any atom is -0.348 e. The van der Waals surface area contributed by atoms with E-state index in [4.69, 9.17) is 14.5 Å². The summed E-state index contributed by atoms with van der Waals surface area (Å²) in [5.41, 5.74) is 3.25. The summed E-state index contributed by atoms with van der Waals surface area (Å²) < 4.78 is 13.3. The van der Waals surface area contributed by atoms with Gasteiger partial charge in [-0.1, -0.05) is 42.5 Å². The van der Waals surface area contributed by atoms with E-state index in [2.05, 4.69) is 16.7 Å². The second kappa shape index (κ2) is 7.61. The Bertz CT molecular complexity index is 1010. The monoisotopic (exact) mass is 391 g/mol. The van der Waals surface area contributed by atoms with Gasteiger partial charge in [-0.15, -0.1) is 0 Å². The van der Waals surface area contributed by atoms with Crippen LogP contribution in [0.2, 0.25) is 0 Å². The Morgan fingerprint density at radius 2 is 1.83 bits per heavy atom. The summed E-state index contributed by atoms with van der Waals surface area (Å²) in [4.78, 5) is 20.0. The average Bonchev–Trinajstić information content (AvgIpc) is 3.28. The summed E-state index contributed by atoms with van der Waals surface area (Å²) in [5, 5.41) is 0. The number of hydrogen-bond donors (Lipinski definition) is 0. The van der Waals surface area contributed by atoms with Gasteiger partial charge in [-0.05, 0) is 30.0 Å². The number of amides is 1. The number of hydrogen-bond acceptors (Lipinski definition) is 4. The van der Waals surface area contributed by atoms with Crippen LogP contribution in [0.15, 0.2) is 54.6 Å². The number of aromatic nitrogens is 2. The third-order valence-electron chi connectivity index (χ3n) is 5.92. The highest BCUT2D eigenvalue weighted by atomic mass is 16.7. The number of fused-ring (bicyclic) bond motifs is 1. The van der Waals surface area contributed by atoms with Crippen LogP contribution in [0.25, 0.3) is 11.0 Å². The highest BCUT2D eigenvalue weighted by Gasteiger charge is 2.46. The van der Waals surface area contributed by atoms with Crippen LogP contribution in [0, 0.1) is 5.92 Å². The molecule has 2 aliphatic rings. The number of nitrogens with zero attached hydrogens (tertiary/aromatic N) is 3. The third kappa shape index (κ3) is 3.66. The Hall–Kier alpha value is -2.70. The van der Waals surface area contributed by atoms with Gasteiger partial charge >= 0.3 is 0 Å². The van der Waals surface area contributed by atoms with E-state index in [1.807, 2.05) is 54.4 Å². The number of benzene rings is 2. The van der Waals surface area contributed by atoms with E-state index in [0.717, 1.165) is 23.3 Å². The summed E-state index contributed by atoms with van der Waals surface area (Å²) >= 11 is 0. The first-order valence-corrected chi connectivity index (χ1v) is 10.2. The lowest BCUT2D eigenvalue weighted by atomic mass is 10.1. The lowest BCUT2D eigenvalue weighted by Gasteiger charge is -2.25. The third-order valence-corrected chi connectivity index (χ3v) is 5.92. The van der Waals surface area contributed by atoms with Crippen molar-refractivity contribution in [1.29, 1.82) is 0 Å². The largest absolute Gasteiger partial charge is 0.348 e. The van der Waals surface area contributed by atoms with Crippen molar-refractivity contribution in [3.63, 3.8) is 0 Å². The Morgan fingerprint density at radius 1 is 1.10 bits per heavy atom. The van der Waals surface area contributed by atoms with Gasteiger partial charge in [0.25, 0.3) is 0 Å². The lowest BCUT2D eigenvalue weighted by Crippen LogP contribution is -2.39. The van der Waals surface area contributed by atoms with Crippen LogP contribution in [0.4, 0.5) is 0 Å². The first kappa shape index (κ1) is 18.3. The molecule has 1 aliphatic carbocycles. The van der Waals surface area contributed by atoms with Crippen molar-refractivity contribution in [2.24, 2.45) is 13.0 Å². The fraction of sp³-hybridized carbons (Fsp3) is 0.391. The van der Waals surface area contributed by atoms with Crippen molar-refractivity contribution in [2.75, 3.05) is 19.8 Å². The molecule has 1 saturated carbocycles. The van der Waals surface area contributed by atoms with E-state index in [0.29, 0.717) is 32.2 Å². The SMILES string of the molecule is Cn1c(CN(CC2OCCO2)C(=O)[C@@H]2C[C@H]2c2ccccc2)nc2ccccc21. The van der Waals surface area contributed by atoms with Crippen LogP contribution in [-0.4, -0.2) is 46.4 Å². The molecular weight excluding hydrogens is 366 g/mol. The molecule has 29 heavy (non-hydrogen) atoms. The van der Waals surface area contributed by atoms with E-state index in [1.165, 1.54) is 5.56 Å². The molecule has 5 rings (SSSR count). The maximum atomic E-state index is 13.4. The molecular formula is C23H25N3O3. The fourth-order valence-corrected chi connectivity index (χ4v) is 4.20. The Kier molecular flexibility index (Phi) is 4.81. The van der Waals surface area contributed by atoms with Crippen LogP contribution in [-0.2, 0) is 27.9 Å². The van der Waals surface area contributed by atoms with Crippen molar-refractivity contribution in [3.8, 4) is 0 Å². The zero-order valence-corrected chi connectivity index (χ0v) is 16.5. The molecule has 2 fully saturated rings. The summed E-state index contributed by atoms with van der Waals surface area (Å²) in [7, 11) is 2.00. The molecule has 6 nitrogen and oxygen atoms in total. The average molecular weight is 391 g/mol. The molecule has 6 heteroatoms. The summed E-state index contributed by atoms with van der Waals surface area (Å²) in [5.74, 6) is 1.35. The van der Waals surface area contributed by atoms with Crippen LogP contribution >= 0.6 is 0 Å². The molecule has 2 aromatic carbocycles. The Labute approximate surface area is 170 Å². The fourth-order valence-electron chi connectivity index (χ4n) is 4.20. The zero-order valence-electron chi connectivity index (χ0n) is 16.5. The van der Waals surface area contributed by atoms with Crippen LogP contribution in [0.5, 0.6) is 0 Å². The second-order valence-corrected chi connectivity index (χ2v) is 7.83. The maximum absolute atomic E-state index is 13.4. The number of rotatable bonds is 6. The van der Waals surface area contributed by atoms with E-state index in [9.17, 15) is 4.79 Å². The first-order chi connectivity index (χ1) is 14.2. The van der Waals surface area contributed by atoms with Gasteiger partial charge < -0.3 is 18.9 Å². The Balaban J connectivity index is 1.37. The van der Waals surface area contributed by atoms with Gasteiger partial charge in [-0.2, -0.15) is 0 Å². The molecule has 2 atom stereocenters. The summed E-state index contributed by atoms with van der Waals surface area (Å²) in [6, 6.07) is 18.3. The van der Waals surface area contributed by atoms with Crippen LogP contribution < -0.4 is 0 Å². The predicted molar refractivity (Wildman–Crippen MR) is 109 cm³/mol. The van der Waals surface area contributed by atoms with Crippen molar-refractivity contribution < 1.29 is 14.3 Å². The number of aryl methyl sites for hydroxylation is 1. The number of carbonyl (C=O) groups is 1. The van der Waals surface area contributed by atoms with E-state index in [1.54, 1.807) is 0 Å². The molecule has 150 valence electrons. The van der Waals surface area contributed by atoms with Gasteiger partial charge in [0, 0.05) is 13.0 Å². The predicted octanol–water partition coefficient (Wildman–Crippen LogP) is 3.08. The standard InChI is InChI=1S/C23H25N3O3/c1-25-20-10-6-5-9-19(20)24-21(25)14-26(15-22-28-11-12-29-22)23(27)18-13-17(18)16-7-3-2-4-8-16/h2-10,17-18,22H,11-15H2,1H3/t17-,18+/m0/s1. The number of carbonyl (C=O) groups excluding carboxylic acids is 1. The molecule has 0 spiro atoms. The van der Waals surface area contributed by atoms with Crippen LogP contribution in [0.1, 0.15) is 23.7 Å². The molecule has 3 aromatic rings. The summed E-state index contributed by atoms with van der Waals surface area (Å²) in [6.07, 6.45) is 0.538. The number of imidazole rings is 1. The van der Waals surface area contributed by atoms with E-state index in [-0.39, 0.29) is 18.1 Å². The quantitative estimate of drug-likeness (QED) is 0.648. The minimum atomic E-state index is -0.359. The number of ether oxygens (including phenoxy) is 2. The van der Waals surface area contributed by atoms with Crippen molar-refractivity contribution in [2.45, 2.75) is 25.2 Å². The van der Waals surface area contributed by atoms with Gasteiger partial charge in [0.05, 0.1) is 37.3 Å². The number of para-hydroxylation sites is 2. The highest BCUT2D eigenvalue weighted by Crippen LogP contribution is 2.48. The lowest BCUT2D eigenvalue weighted by molar-refractivity contribution is -0.140. The van der Waals surface area contributed by atoms with Crippen molar-refractivity contribution >= 4 is 16.9 Å². The molecule has 1 saturated heterocycles. The molecule has 2 heterocycles. The minimum absolute atomic E-state index is 0.0217. The van der Waals surface area contributed by atoms with E-state index < -0.39 is 0 Å². The maximum Gasteiger partial charge on any atom is 0.226 e. The molecule has 1 amide bonds. The Morgan fingerprint density at radius 3 is 2.59 bits per heavy atom. The smallest absolute Gasteiger partial charge is 0.226 e. The van der Waals surface area contributed by atoms with Gasteiger partial charge in [0.15, 0.2) is 6.29 Å².